The van der Waals surface area contributed by atoms with Gasteiger partial charge in [0.05, 0.1) is 12.3 Å². The molecule has 0 aliphatic carbocycles. The lowest BCUT2D eigenvalue weighted by Crippen LogP contribution is -2.43. The van der Waals surface area contributed by atoms with Gasteiger partial charge in [0.15, 0.2) is 5.82 Å². The standard InChI is InChI=1S/C13H19N5O2/c1-7-10(12(15)19)11(14)17-13(16-7)9-5-18-4-2-3-8(18)6-20-9/h8-9H,2-6H2,1H3,(H2,15,19)(H2,14,16,17). The molecule has 1 aromatic heterocycles. The van der Waals surface area contributed by atoms with Crippen LogP contribution in [0.25, 0.3) is 0 Å². The Hall–Kier alpha value is -1.73. The van der Waals surface area contributed by atoms with E-state index >= 15 is 0 Å². The summed E-state index contributed by atoms with van der Waals surface area (Å²) in [6.07, 6.45) is 2.21. The van der Waals surface area contributed by atoms with Crippen LogP contribution in [-0.4, -0.2) is 46.5 Å². The second kappa shape index (κ2) is 4.99. The molecule has 0 spiro atoms. The largest absolute Gasteiger partial charge is 0.383 e. The molecule has 2 aliphatic heterocycles. The van der Waals surface area contributed by atoms with E-state index in [0.717, 1.165) is 13.1 Å². The summed E-state index contributed by atoms with van der Waals surface area (Å²) in [6, 6.07) is 0.523. The van der Waals surface area contributed by atoms with E-state index in [-0.39, 0.29) is 17.5 Å². The molecule has 2 saturated heterocycles. The van der Waals surface area contributed by atoms with E-state index in [1.54, 1.807) is 6.92 Å². The maximum absolute atomic E-state index is 11.3. The van der Waals surface area contributed by atoms with Crippen LogP contribution < -0.4 is 11.5 Å². The van der Waals surface area contributed by atoms with Crippen molar-refractivity contribution in [3.05, 3.63) is 17.1 Å². The molecular weight excluding hydrogens is 258 g/mol. The molecule has 2 aliphatic rings. The number of rotatable bonds is 2. The van der Waals surface area contributed by atoms with Crippen molar-refractivity contribution in [2.75, 3.05) is 25.4 Å². The van der Waals surface area contributed by atoms with Crippen LogP contribution in [0.4, 0.5) is 5.82 Å². The predicted molar refractivity (Wildman–Crippen MR) is 73.0 cm³/mol. The summed E-state index contributed by atoms with van der Waals surface area (Å²) >= 11 is 0. The summed E-state index contributed by atoms with van der Waals surface area (Å²) in [5, 5.41) is 0. The van der Waals surface area contributed by atoms with Crippen molar-refractivity contribution in [3.8, 4) is 0 Å². The van der Waals surface area contributed by atoms with Gasteiger partial charge in [-0.15, -0.1) is 0 Å². The number of morpholine rings is 1. The van der Waals surface area contributed by atoms with Crippen molar-refractivity contribution in [1.29, 1.82) is 0 Å². The zero-order valence-electron chi connectivity index (χ0n) is 11.5. The fourth-order valence-electron chi connectivity index (χ4n) is 3.04. The summed E-state index contributed by atoms with van der Waals surface area (Å²) in [5.41, 5.74) is 11.8. The highest BCUT2D eigenvalue weighted by atomic mass is 16.5. The number of hydrogen-bond acceptors (Lipinski definition) is 6. The molecule has 20 heavy (non-hydrogen) atoms. The molecule has 2 atom stereocenters. The minimum atomic E-state index is -0.601. The highest BCUT2D eigenvalue weighted by molar-refractivity contribution is 5.98. The average molecular weight is 277 g/mol. The third-order valence-corrected chi connectivity index (χ3v) is 4.06. The molecule has 3 rings (SSSR count). The number of primary amides is 1. The van der Waals surface area contributed by atoms with Crippen LogP contribution in [0.15, 0.2) is 0 Å². The molecule has 0 aromatic carbocycles. The van der Waals surface area contributed by atoms with E-state index in [9.17, 15) is 4.79 Å². The third-order valence-electron chi connectivity index (χ3n) is 4.06. The van der Waals surface area contributed by atoms with Gasteiger partial charge >= 0.3 is 0 Å². The van der Waals surface area contributed by atoms with Gasteiger partial charge in [-0.2, -0.15) is 0 Å². The smallest absolute Gasteiger partial charge is 0.254 e. The number of nitrogens with two attached hydrogens (primary N) is 2. The number of carbonyl (C=O) groups is 1. The Kier molecular flexibility index (Phi) is 3.31. The van der Waals surface area contributed by atoms with Crippen molar-refractivity contribution in [3.63, 3.8) is 0 Å². The topological polar surface area (TPSA) is 107 Å². The SMILES string of the molecule is Cc1nc(C2CN3CCCC3CO2)nc(N)c1C(N)=O. The van der Waals surface area contributed by atoms with Crippen LogP contribution in [0.2, 0.25) is 0 Å². The first kappa shape index (κ1) is 13.3. The van der Waals surface area contributed by atoms with Gasteiger partial charge in [0.1, 0.15) is 17.5 Å². The minimum Gasteiger partial charge on any atom is -0.383 e. The van der Waals surface area contributed by atoms with Crippen LogP contribution in [0.5, 0.6) is 0 Å². The van der Waals surface area contributed by atoms with Gasteiger partial charge in [-0.3, -0.25) is 9.69 Å². The molecule has 0 bridgehead atoms. The van der Waals surface area contributed by atoms with Crippen molar-refractivity contribution in [2.45, 2.75) is 31.9 Å². The fraction of sp³-hybridized carbons (Fsp3) is 0.615. The van der Waals surface area contributed by atoms with Gasteiger partial charge in [-0.1, -0.05) is 0 Å². The predicted octanol–water partition coefficient (Wildman–Crippen LogP) is 0.00182. The van der Waals surface area contributed by atoms with Crippen LogP contribution in [0, 0.1) is 6.92 Å². The Morgan fingerprint density at radius 1 is 1.45 bits per heavy atom. The molecule has 7 heteroatoms. The summed E-state index contributed by atoms with van der Waals surface area (Å²) < 4.78 is 5.85. The minimum absolute atomic E-state index is 0.132. The van der Waals surface area contributed by atoms with Crippen LogP contribution in [0.3, 0.4) is 0 Å². The van der Waals surface area contributed by atoms with E-state index in [2.05, 4.69) is 14.9 Å². The Morgan fingerprint density at radius 2 is 2.25 bits per heavy atom. The summed E-state index contributed by atoms with van der Waals surface area (Å²) in [5.74, 6) is 0.0678. The number of carbonyl (C=O) groups excluding carboxylic acids is 1. The number of fused-ring (bicyclic) bond motifs is 1. The van der Waals surface area contributed by atoms with Crippen LogP contribution in [-0.2, 0) is 4.74 Å². The molecule has 7 nitrogen and oxygen atoms in total. The zero-order chi connectivity index (χ0) is 14.3. The molecule has 1 aromatic rings. The van der Waals surface area contributed by atoms with Crippen molar-refractivity contribution in [2.24, 2.45) is 5.73 Å². The summed E-state index contributed by atoms with van der Waals surface area (Å²) in [6.45, 7) is 4.28. The number of hydrogen-bond donors (Lipinski definition) is 2. The normalized spacial score (nSPS) is 26.4. The lowest BCUT2D eigenvalue weighted by atomic mass is 10.1. The Labute approximate surface area is 117 Å². The first-order chi connectivity index (χ1) is 9.56. The maximum Gasteiger partial charge on any atom is 0.254 e. The molecule has 0 radical (unpaired) electrons. The van der Waals surface area contributed by atoms with Crippen molar-refractivity contribution < 1.29 is 9.53 Å². The first-order valence-electron chi connectivity index (χ1n) is 6.85. The van der Waals surface area contributed by atoms with Crippen molar-refractivity contribution >= 4 is 11.7 Å². The van der Waals surface area contributed by atoms with Crippen LogP contribution in [0.1, 0.15) is 40.8 Å². The molecule has 0 saturated carbocycles. The molecule has 2 fully saturated rings. The molecule has 4 N–H and O–H groups in total. The Morgan fingerprint density at radius 3 is 2.95 bits per heavy atom. The van der Waals surface area contributed by atoms with E-state index in [1.165, 1.54) is 12.8 Å². The maximum atomic E-state index is 11.3. The number of amides is 1. The first-order valence-corrected chi connectivity index (χ1v) is 6.85. The van der Waals surface area contributed by atoms with Gasteiger partial charge in [0, 0.05) is 12.6 Å². The highest BCUT2D eigenvalue weighted by Crippen LogP contribution is 2.29. The third kappa shape index (κ3) is 2.23. The van der Waals surface area contributed by atoms with Gasteiger partial charge in [0.25, 0.3) is 5.91 Å². The quantitative estimate of drug-likeness (QED) is 0.788. The molecule has 2 unspecified atom stereocenters. The number of nitrogen functional groups attached to an aromatic ring is 1. The molecule has 1 amide bonds. The second-order valence-electron chi connectivity index (χ2n) is 5.40. The van der Waals surface area contributed by atoms with E-state index < -0.39 is 5.91 Å². The molecule has 108 valence electrons. The van der Waals surface area contributed by atoms with Gasteiger partial charge in [-0.05, 0) is 26.3 Å². The van der Waals surface area contributed by atoms with E-state index in [4.69, 9.17) is 16.2 Å². The average Bonchev–Trinajstić information content (AvgIpc) is 2.84. The van der Waals surface area contributed by atoms with Gasteiger partial charge in [-0.25, -0.2) is 9.97 Å². The highest BCUT2D eigenvalue weighted by Gasteiger charge is 2.34. The van der Waals surface area contributed by atoms with Crippen molar-refractivity contribution in [1.82, 2.24) is 14.9 Å². The monoisotopic (exact) mass is 277 g/mol. The molecule has 3 heterocycles. The van der Waals surface area contributed by atoms with E-state index in [1.807, 2.05) is 0 Å². The second-order valence-corrected chi connectivity index (χ2v) is 5.40. The van der Waals surface area contributed by atoms with E-state index in [0.29, 0.717) is 24.2 Å². The number of aromatic nitrogens is 2. The number of ether oxygens (including phenoxy) is 1. The molecular formula is C13H19N5O2. The number of nitrogens with zero attached hydrogens (tertiary/aromatic N) is 3. The number of aryl methyl sites for hydroxylation is 1. The lowest BCUT2D eigenvalue weighted by Gasteiger charge is -2.34. The van der Waals surface area contributed by atoms with Gasteiger partial charge < -0.3 is 16.2 Å². The lowest BCUT2D eigenvalue weighted by molar-refractivity contribution is -0.0541. The fourth-order valence-corrected chi connectivity index (χ4v) is 3.04. The van der Waals surface area contributed by atoms with Crippen LogP contribution >= 0.6 is 0 Å². The van der Waals surface area contributed by atoms with Gasteiger partial charge in [0.2, 0.25) is 0 Å². The zero-order valence-corrected chi connectivity index (χ0v) is 11.5. The summed E-state index contributed by atoms with van der Waals surface area (Å²) in [7, 11) is 0. The Balaban J connectivity index is 1.86. The summed E-state index contributed by atoms with van der Waals surface area (Å²) in [4.78, 5) is 22.3. The number of anilines is 1. The Bertz CT molecular complexity index is 525.